The molecule has 0 saturated carbocycles. The van der Waals surface area contributed by atoms with E-state index in [1.807, 2.05) is 37.3 Å². The lowest BCUT2D eigenvalue weighted by Crippen LogP contribution is -2.21. The topological polar surface area (TPSA) is 26.3 Å². The predicted octanol–water partition coefficient (Wildman–Crippen LogP) is 3.18. The van der Waals surface area contributed by atoms with Gasteiger partial charge in [-0.1, -0.05) is 42.8 Å². The molecule has 0 amide bonds. The Labute approximate surface area is 95.9 Å². The molecule has 1 aliphatic heterocycles. The van der Waals surface area contributed by atoms with Crippen LogP contribution in [0.15, 0.2) is 36.4 Å². The third-order valence-corrected chi connectivity index (χ3v) is 2.99. The molecule has 1 aromatic rings. The first-order chi connectivity index (χ1) is 7.70. The zero-order valence-electron chi connectivity index (χ0n) is 9.64. The van der Waals surface area contributed by atoms with Crippen molar-refractivity contribution in [3.63, 3.8) is 0 Å². The summed E-state index contributed by atoms with van der Waals surface area (Å²) in [7, 11) is 0. The molecule has 0 fully saturated rings. The molecule has 0 N–H and O–H groups in total. The Hall–Kier alpha value is -1.57. The number of carbonyl (C=O) groups is 1. The summed E-state index contributed by atoms with van der Waals surface area (Å²) in [5.74, 6) is 0.0516. The minimum Gasteiger partial charge on any atom is -0.454 e. The van der Waals surface area contributed by atoms with Crippen molar-refractivity contribution in [2.45, 2.75) is 26.4 Å². The van der Waals surface area contributed by atoms with Gasteiger partial charge in [0.2, 0.25) is 0 Å². The number of esters is 1. The van der Waals surface area contributed by atoms with Gasteiger partial charge in [0.1, 0.15) is 6.10 Å². The van der Waals surface area contributed by atoms with Crippen LogP contribution in [0, 0.1) is 12.8 Å². The van der Waals surface area contributed by atoms with Gasteiger partial charge in [-0.25, -0.2) is 4.79 Å². The third kappa shape index (κ3) is 2.16. The highest BCUT2D eigenvalue weighted by atomic mass is 16.5. The quantitative estimate of drug-likeness (QED) is 0.710. The summed E-state index contributed by atoms with van der Waals surface area (Å²) < 4.78 is 5.39. The minimum atomic E-state index is -0.240. The standard InChI is InChI=1S/C14H16O2/c1-3-11-8-9-13(15)16-14(11)12-6-4-10(2)5-7-12/h4-9,11,14H,3H2,1-2H3/t11-,14+/m0/s1. The molecule has 0 saturated heterocycles. The summed E-state index contributed by atoms with van der Waals surface area (Å²) in [4.78, 5) is 11.3. The summed E-state index contributed by atoms with van der Waals surface area (Å²) in [6.45, 7) is 4.16. The van der Waals surface area contributed by atoms with E-state index in [1.54, 1.807) is 0 Å². The molecule has 1 heterocycles. The lowest BCUT2D eigenvalue weighted by molar-refractivity contribution is -0.147. The van der Waals surface area contributed by atoms with E-state index >= 15 is 0 Å². The van der Waals surface area contributed by atoms with Gasteiger partial charge in [0.05, 0.1) is 0 Å². The number of carbonyl (C=O) groups excluding carboxylic acids is 1. The monoisotopic (exact) mass is 216 g/mol. The number of aryl methyl sites for hydroxylation is 1. The highest BCUT2D eigenvalue weighted by Gasteiger charge is 2.26. The molecule has 2 nitrogen and oxygen atoms in total. The molecule has 0 unspecified atom stereocenters. The van der Waals surface area contributed by atoms with Crippen LogP contribution in [0.1, 0.15) is 30.6 Å². The maximum Gasteiger partial charge on any atom is 0.331 e. The maximum absolute atomic E-state index is 11.3. The molecule has 0 aliphatic carbocycles. The van der Waals surface area contributed by atoms with Gasteiger partial charge in [0.15, 0.2) is 0 Å². The van der Waals surface area contributed by atoms with E-state index in [0.29, 0.717) is 5.92 Å². The first kappa shape index (κ1) is 10.9. The van der Waals surface area contributed by atoms with Crippen molar-refractivity contribution in [3.8, 4) is 0 Å². The predicted molar refractivity (Wildman–Crippen MR) is 62.9 cm³/mol. The molecular weight excluding hydrogens is 200 g/mol. The van der Waals surface area contributed by atoms with Crippen LogP contribution in [0.4, 0.5) is 0 Å². The molecule has 2 heteroatoms. The normalized spacial score (nSPS) is 24.2. The number of cyclic esters (lactones) is 1. The van der Waals surface area contributed by atoms with Gasteiger partial charge in [-0.15, -0.1) is 0 Å². The zero-order chi connectivity index (χ0) is 11.5. The summed E-state index contributed by atoms with van der Waals surface area (Å²) in [5, 5.41) is 0. The molecular formula is C14H16O2. The second kappa shape index (κ2) is 4.52. The van der Waals surface area contributed by atoms with Crippen LogP contribution in [-0.4, -0.2) is 5.97 Å². The fraction of sp³-hybridized carbons (Fsp3) is 0.357. The van der Waals surface area contributed by atoms with Crippen LogP contribution in [0.5, 0.6) is 0 Å². The Morgan fingerprint density at radius 3 is 2.56 bits per heavy atom. The van der Waals surface area contributed by atoms with E-state index < -0.39 is 0 Å². The molecule has 0 spiro atoms. The molecule has 1 aromatic carbocycles. The largest absolute Gasteiger partial charge is 0.454 e. The van der Waals surface area contributed by atoms with Crippen LogP contribution < -0.4 is 0 Å². The van der Waals surface area contributed by atoms with Crippen molar-refractivity contribution in [1.82, 2.24) is 0 Å². The number of rotatable bonds is 2. The molecule has 1 aliphatic rings. The van der Waals surface area contributed by atoms with Crippen LogP contribution in [0.3, 0.4) is 0 Å². The van der Waals surface area contributed by atoms with Gasteiger partial charge in [-0.3, -0.25) is 0 Å². The summed E-state index contributed by atoms with van der Waals surface area (Å²) in [5.41, 5.74) is 2.30. The number of ether oxygens (including phenoxy) is 1. The third-order valence-electron chi connectivity index (χ3n) is 2.99. The summed E-state index contributed by atoms with van der Waals surface area (Å²) in [6, 6.07) is 8.17. The zero-order valence-corrected chi connectivity index (χ0v) is 9.64. The van der Waals surface area contributed by atoms with E-state index in [2.05, 4.69) is 6.92 Å². The molecule has 2 rings (SSSR count). The Morgan fingerprint density at radius 2 is 1.94 bits per heavy atom. The second-order valence-corrected chi connectivity index (χ2v) is 4.20. The summed E-state index contributed by atoms with van der Waals surface area (Å²) in [6.07, 6.45) is 4.33. The first-order valence-corrected chi connectivity index (χ1v) is 5.66. The Kier molecular flexibility index (Phi) is 3.09. The van der Waals surface area contributed by atoms with Crippen LogP contribution in [0.2, 0.25) is 0 Å². The van der Waals surface area contributed by atoms with E-state index in [9.17, 15) is 4.79 Å². The molecule has 0 bridgehead atoms. The number of hydrogen-bond acceptors (Lipinski definition) is 2. The number of hydrogen-bond donors (Lipinski definition) is 0. The van der Waals surface area contributed by atoms with Crippen molar-refractivity contribution in [3.05, 3.63) is 47.5 Å². The fourth-order valence-electron chi connectivity index (χ4n) is 1.98. The van der Waals surface area contributed by atoms with Crippen LogP contribution >= 0.6 is 0 Å². The Morgan fingerprint density at radius 1 is 1.25 bits per heavy atom. The Bertz CT molecular complexity index is 403. The van der Waals surface area contributed by atoms with Gasteiger partial charge >= 0.3 is 5.97 Å². The van der Waals surface area contributed by atoms with Crippen LogP contribution in [0.25, 0.3) is 0 Å². The van der Waals surface area contributed by atoms with E-state index in [1.165, 1.54) is 11.6 Å². The first-order valence-electron chi connectivity index (χ1n) is 5.66. The molecule has 16 heavy (non-hydrogen) atoms. The average molecular weight is 216 g/mol. The molecule has 0 aromatic heterocycles. The van der Waals surface area contributed by atoms with E-state index in [0.717, 1.165) is 12.0 Å². The maximum atomic E-state index is 11.3. The molecule has 0 radical (unpaired) electrons. The lowest BCUT2D eigenvalue weighted by atomic mass is 9.91. The SMILES string of the molecule is CC[C@H]1C=CC(=O)O[C@H]1c1ccc(C)cc1. The van der Waals surface area contributed by atoms with Crippen molar-refractivity contribution in [1.29, 1.82) is 0 Å². The van der Waals surface area contributed by atoms with Crippen molar-refractivity contribution in [2.75, 3.05) is 0 Å². The molecule has 2 atom stereocenters. The fourth-order valence-corrected chi connectivity index (χ4v) is 1.98. The summed E-state index contributed by atoms with van der Waals surface area (Å²) >= 11 is 0. The van der Waals surface area contributed by atoms with Gasteiger partial charge in [-0.05, 0) is 18.9 Å². The number of benzene rings is 1. The van der Waals surface area contributed by atoms with Crippen LogP contribution in [-0.2, 0) is 9.53 Å². The van der Waals surface area contributed by atoms with Crippen molar-refractivity contribution < 1.29 is 9.53 Å². The minimum absolute atomic E-state index is 0.122. The highest BCUT2D eigenvalue weighted by molar-refractivity contribution is 5.83. The van der Waals surface area contributed by atoms with Gasteiger partial charge in [0, 0.05) is 12.0 Å². The van der Waals surface area contributed by atoms with Crippen molar-refractivity contribution >= 4 is 5.97 Å². The molecule has 84 valence electrons. The van der Waals surface area contributed by atoms with E-state index in [-0.39, 0.29) is 12.1 Å². The lowest BCUT2D eigenvalue weighted by Gasteiger charge is -2.27. The van der Waals surface area contributed by atoms with Gasteiger partial charge in [-0.2, -0.15) is 0 Å². The second-order valence-electron chi connectivity index (χ2n) is 4.20. The Balaban J connectivity index is 2.28. The van der Waals surface area contributed by atoms with Gasteiger partial charge < -0.3 is 4.74 Å². The van der Waals surface area contributed by atoms with Gasteiger partial charge in [0.25, 0.3) is 0 Å². The highest BCUT2D eigenvalue weighted by Crippen LogP contribution is 2.32. The smallest absolute Gasteiger partial charge is 0.331 e. The van der Waals surface area contributed by atoms with E-state index in [4.69, 9.17) is 4.74 Å². The van der Waals surface area contributed by atoms with Crippen molar-refractivity contribution in [2.24, 2.45) is 5.92 Å². The average Bonchev–Trinajstić information content (AvgIpc) is 2.30.